The Hall–Kier alpha value is -2.11. The van der Waals surface area contributed by atoms with E-state index >= 15 is 0 Å². The van der Waals surface area contributed by atoms with Crippen molar-refractivity contribution in [1.82, 2.24) is 0 Å². The van der Waals surface area contributed by atoms with E-state index in [-0.39, 0.29) is 0 Å². The van der Waals surface area contributed by atoms with Gasteiger partial charge in [0.25, 0.3) is 0 Å². The molecule has 122 valence electrons. The van der Waals surface area contributed by atoms with E-state index in [0.29, 0.717) is 5.92 Å². The topological polar surface area (TPSA) is 17.1 Å². The van der Waals surface area contributed by atoms with Gasteiger partial charge in [0.15, 0.2) is 7.14 Å². The predicted molar refractivity (Wildman–Crippen MR) is 104 cm³/mol. The molecular formula is C22H23OP. The molecule has 0 atom stereocenters. The van der Waals surface area contributed by atoms with Gasteiger partial charge in [-0.05, 0) is 17.9 Å². The van der Waals surface area contributed by atoms with Gasteiger partial charge in [0, 0.05) is 15.9 Å². The van der Waals surface area contributed by atoms with Gasteiger partial charge in [0.1, 0.15) is 0 Å². The molecule has 0 unspecified atom stereocenters. The molecule has 24 heavy (non-hydrogen) atoms. The van der Waals surface area contributed by atoms with Gasteiger partial charge >= 0.3 is 0 Å². The lowest BCUT2D eigenvalue weighted by Gasteiger charge is -2.20. The zero-order chi connectivity index (χ0) is 17.0. The molecule has 0 aliphatic rings. The fraction of sp³-hybridized carbons (Fsp3) is 0.182. The van der Waals surface area contributed by atoms with Crippen LogP contribution in [0.5, 0.6) is 0 Å². The summed E-state index contributed by atoms with van der Waals surface area (Å²) in [7, 11) is -2.83. The molecule has 1 nitrogen and oxygen atoms in total. The van der Waals surface area contributed by atoms with Gasteiger partial charge in [-0.1, -0.05) is 98.8 Å². The first kappa shape index (κ1) is 16.7. The summed E-state index contributed by atoms with van der Waals surface area (Å²) in [5.41, 5.74) is 1.29. The normalized spacial score (nSPS) is 11.6. The Morgan fingerprint density at radius 3 is 1.50 bits per heavy atom. The van der Waals surface area contributed by atoms with Crippen molar-refractivity contribution in [2.45, 2.75) is 20.3 Å². The molecule has 0 heterocycles. The molecule has 0 aliphatic heterocycles. The fourth-order valence-electron chi connectivity index (χ4n) is 3.04. The van der Waals surface area contributed by atoms with Crippen molar-refractivity contribution in [1.29, 1.82) is 0 Å². The molecule has 0 aromatic heterocycles. The fourth-order valence-corrected chi connectivity index (χ4v) is 5.68. The third-order valence-electron chi connectivity index (χ3n) is 4.18. The first-order valence-electron chi connectivity index (χ1n) is 8.41. The summed E-state index contributed by atoms with van der Waals surface area (Å²) in [4.78, 5) is 0. The van der Waals surface area contributed by atoms with Crippen molar-refractivity contribution >= 4 is 23.1 Å². The molecule has 3 aromatic rings. The molecule has 0 spiro atoms. The van der Waals surface area contributed by atoms with Crippen LogP contribution in [0.25, 0.3) is 0 Å². The second-order valence-corrected chi connectivity index (χ2v) is 9.31. The van der Waals surface area contributed by atoms with E-state index in [2.05, 4.69) is 26.0 Å². The summed E-state index contributed by atoms with van der Waals surface area (Å²) < 4.78 is 14.2. The average molecular weight is 334 g/mol. The first-order valence-corrected chi connectivity index (χ1v) is 10.1. The van der Waals surface area contributed by atoms with Crippen LogP contribution in [0.3, 0.4) is 0 Å². The number of hydrogen-bond donors (Lipinski definition) is 0. The maximum absolute atomic E-state index is 14.2. The minimum atomic E-state index is -2.83. The van der Waals surface area contributed by atoms with E-state index in [4.69, 9.17) is 0 Å². The van der Waals surface area contributed by atoms with Crippen molar-refractivity contribution in [2.75, 3.05) is 0 Å². The summed E-state index contributed by atoms with van der Waals surface area (Å²) >= 11 is 0. The molecular weight excluding hydrogens is 311 g/mol. The van der Waals surface area contributed by atoms with Crippen LogP contribution >= 0.6 is 7.14 Å². The zero-order valence-corrected chi connectivity index (χ0v) is 15.1. The molecule has 3 rings (SSSR count). The quantitative estimate of drug-likeness (QED) is 0.627. The summed E-state index contributed by atoms with van der Waals surface area (Å²) in [6, 6.07) is 27.9. The van der Waals surface area contributed by atoms with E-state index in [9.17, 15) is 4.57 Å². The van der Waals surface area contributed by atoms with Crippen LogP contribution in [0.15, 0.2) is 84.9 Å². The highest BCUT2D eigenvalue weighted by molar-refractivity contribution is 7.85. The van der Waals surface area contributed by atoms with Gasteiger partial charge in [0.2, 0.25) is 0 Å². The molecule has 2 heteroatoms. The van der Waals surface area contributed by atoms with Crippen molar-refractivity contribution in [2.24, 2.45) is 5.92 Å². The van der Waals surface area contributed by atoms with E-state index in [1.165, 1.54) is 5.56 Å². The van der Waals surface area contributed by atoms with Crippen LogP contribution in [0, 0.1) is 5.92 Å². The monoisotopic (exact) mass is 334 g/mol. The van der Waals surface area contributed by atoms with Crippen LogP contribution in [-0.4, -0.2) is 0 Å². The van der Waals surface area contributed by atoms with Gasteiger partial charge in [-0.3, -0.25) is 0 Å². The minimum Gasteiger partial charge on any atom is -0.309 e. The van der Waals surface area contributed by atoms with Crippen molar-refractivity contribution in [3.8, 4) is 0 Å². The Morgan fingerprint density at radius 2 is 1.08 bits per heavy atom. The predicted octanol–water partition coefficient (Wildman–Crippen LogP) is 4.52. The molecule has 0 fully saturated rings. The van der Waals surface area contributed by atoms with Gasteiger partial charge < -0.3 is 4.57 Å². The largest absolute Gasteiger partial charge is 0.309 e. The Bertz CT molecular complexity index is 777. The van der Waals surface area contributed by atoms with Crippen molar-refractivity contribution in [3.05, 3.63) is 90.5 Å². The summed E-state index contributed by atoms with van der Waals surface area (Å²) in [6.07, 6.45) is 1.04. The van der Waals surface area contributed by atoms with Crippen LogP contribution in [0.2, 0.25) is 0 Å². The Morgan fingerprint density at radius 1 is 0.667 bits per heavy atom. The van der Waals surface area contributed by atoms with E-state index in [1.807, 2.05) is 72.8 Å². The molecule has 0 amide bonds. The van der Waals surface area contributed by atoms with E-state index in [0.717, 1.165) is 22.3 Å². The molecule has 0 radical (unpaired) electrons. The van der Waals surface area contributed by atoms with Gasteiger partial charge in [-0.25, -0.2) is 0 Å². The van der Waals surface area contributed by atoms with Crippen LogP contribution in [0.1, 0.15) is 19.4 Å². The van der Waals surface area contributed by atoms with Gasteiger partial charge in [-0.2, -0.15) is 0 Å². The average Bonchev–Trinajstić information content (AvgIpc) is 2.63. The van der Waals surface area contributed by atoms with Crippen LogP contribution in [-0.2, 0) is 11.0 Å². The maximum Gasteiger partial charge on any atom is 0.171 e. The molecule has 3 aromatic carbocycles. The van der Waals surface area contributed by atoms with Crippen molar-refractivity contribution < 1.29 is 4.57 Å². The molecule has 0 aliphatic carbocycles. The minimum absolute atomic E-state index is 0.617. The Kier molecular flexibility index (Phi) is 5.02. The standard InChI is InChI=1S/C22H23OP/c1-18(2)17-19-13-15-22(16-14-19)24(23,20-9-5-3-6-10-20)21-11-7-4-8-12-21/h3-16,18H,17H2,1-2H3. The molecule has 0 saturated heterocycles. The lowest BCUT2D eigenvalue weighted by molar-refractivity contribution is 0.592. The van der Waals surface area contributed by atoms with Gasteiger partial charge in [-0.15, -0.1) is 0 Å². The second kappa shape index (κ2) is 7.20. The zero-order valence-electron chi connectivity index (χ0n) is 14.2. The third-order valence-corrected chi connectivity index (χ3v) is 7.26. The summed E-state index contributed by atoms with van der Waals surface area (Å²) in [5, 5.41) is 2.66. The third kappa shape index (κ3) is 3.37. The number of benzene rings is 3. The summed E-state index contributed by atoms with van der Waals surface area (Å²) in [6.45, 7) is 4.43. The summed E-state index contributed by atoms with van der Waals surface area (Å²) in [5.74, 6) is 0.617. The highest BCUT2D eigenvalue weighted by Gasteiger charge is 2.29. The molecule has 0 bridgehead atoms. The van der Waals surface area contributed by atoms with Crippen LogP contribution in [0.4, 0.5) is 0 Å². The highest BCUT2D eigenvalue weighted by atomic mass is 31.2. The lowest BCUT2D eigenvalue weighted by atomic mass is 10.0. The number of rotatable bonds is 5. The Balaban J connectivity index is 2.11. The van der Waals surface area contributed by atoms with Crippen LogP contribution < -0.4 is 15.9 Å². The van der Waals surface area contributed by atoms with Crippen molar-refractivity contribution in [3.63, 3.8) is 0 Å². The number of hydrogen-bond acceptors (Lipinski definition) is 1. The first-order chi connectivity index (χ1) is 11.6. The smallest absolute Gasteiger partial charge is 0.171 e. The van der Waals surface area contributed by atoms with E-state index < -0.39 is 7.14 Å². The molecule has 0 saturated carbocycles. The Labute approximate surface area is 144 Å². The SMILES string of the molecule is CC(C)Cc1ccc(P(=O)(c2ccccc2)c2ccccc2)cc1. The maximum atomic E-state index is 14.2. The van der Waals surface area contributed by atoms with Gasteiger partial charge in [0.05, 0.1) is 0 Å². The molecule has 0 N–H and O–H groups in total. The van der Waals surface area contributed by atoms with E-state index in [1.54, 1.807) is 0 Å². The highest BCUT2D eigenvalue weighted by Crippen LogP contribution is 2.42. The lowest BCUT2D eigenvalue weighted by Crippen LogP contribution is -2.24. The second-order valence-electron chi connectivity index (χ2n) is 6.54.